The van der Waals surface area contributed by atoms with E-state index in [4.69, 9.17) is 4.74 Å². The number of methoxy groups -OCH3 is 1. The monoisotopic (exact) mass is 316 g/mol. The maximum absolute atomic E-state index is 12.6. The Morgan fingerprint density at radius 2 is 2.10 bits per heavy atom. The Morgan fingerprint density at radius 1 is 1.43 bits per heavy atom. The molecule has 7 nitrogen and oxygen atoms in total. The summed E-state index contributed by atoms with van der Waals surface area (Å²) in [6, 6.07) is 0.496. The summed E-state index contributed by atoms with van der Waals surface area (Å²) in [7, 11) is -2.10. The molecule has 2 rings (SSSR count). The highest BCUT2D eigenvalue weighted by Crippen LogP contribution is 2.23. The van der Waals surface area contributed by atoms with Gasteiger partial charge in [0.25, 0.3) is 0 Å². The average molecular weight is 316 g/mol. The Kier molecular flexibility index (Phi) is 4.72. The minimum atomic E-state index is -3.65. The number of aromatic nitrogens is 2. The second-order valence-corrected chi connectivity index (χ2v) is 7.82. The van der Waals surface area contributed by atoms with E-state index in [2.05, 4.69) is 20.2 Å². The highest BCUT2D eigenvalue weighted by atomic mass is 32.2. The number of nitrogens with one attached hydrogen (secondary N) is 3. The summed E-state index contributed by atoms with van der Waals surface area (Å²) in [5.41, 5.74) is 0.391. The first-order valence-electron chi connectivity index (χ1n) is 7.05. The molecule has 0 unspecified atom stereocenters. The molecule has 0 aliphatic heterocycles. The van der Waals surface area contributed by atoms with Gasteiger partial charge in [0.2, 0.25) is 10.0 Å². The van der Waals surface area contributed by atoms with Crippen LogP contribution in [0.15, 0.2) is 4.90 Å². The van der Waals surface area contributed by atoms with Crippen LogP contribution in [-0.2, 0) is 21.3 Å². The number of hydrogen-bond donors (Lipinski definition) is 3. The zero-order valence-corrected chi connectivity index (χ0v) is 13.8. The lowest BCUT2D eigenvalue weighted by atomic mass is 10.1. The topological polar surface area (TPSA) is 96.1 Å². The molecule has 1 aromatic heterocycles. The molecule has 21 heavy (non-hydrogen) atoms. The van der Waals surface area contributed by atoms with Gasteiger partial charge >= 0.3 is 0 Å². The highest BCUT2D eigenvalue weighted by Gasteiger charge is 2.31. The normalized spacial score (nSPS) is 16.4. The molecule has 1 fully saturated rings. The molecule has 0 amide bonds. The number of aromatic amines is 1. The third-order valence-corrected chi connectivity index (χ3v) is 5.18. The molecule has 8 heteroatoms. The fraction of sp³-hybridized carbons (Fsp3) is 0.769. The van der Waals surface area contributed by atoms with Gasteiger partial charge < -0.3 is 10.1 Å². The number of nitrogens with zero attached hydrogens (tertiary/aromatic N) is 1. The van der Waals surface area contributed by atoms with Crippen LogP contribution in [0, 0.1) is 6.92 Å². The number of sulfonamides is 1. The van der Waals surface area contributed by atoms with Crippen molar-refractivity contribution in [3.05, 3.63) is 11.4 Å². The summed E-state index contributed by atoms with van der Waals surface area (Å²) < 4.78 is 33.0. The Labute approximate surface area is 125 Å². The van der Waals surface area contributed by atoms with Crippen molar-refractivity contribution in [1.29, 1.82) is 0 Å². The zero-order valence-electron chi connectivity index (χ0n) is 13.0. The lowest BCUT2D eigenvalue weighted by Crippen LogP contribution is -2.47. The van der Waals surface area contributed by atoms with Crippen molar-refractivity contribution in [3.63, 3.8) is 0 Å². The van der Waals surface area contributed by atoms with Crippen LogP contribution in [0.25, 0.3) is 0 Å². The Morgan fingerprint density at radius 3 is 2.67 bits per heavy atom. The van der Waals surface area contributed by atoms with Crippen molar-refractivity contribution in [2.75, 3.05) is 13.7 Å². The summed E-state index contributed by atoms with van der Waals surface area (Å²) in [4.78, 5) is 0.236. The van der Waals surface area contributed by atoms with Gasteiger partial charge in [0, 0.05) is 19.7 Å². The van der Waals surface area contributed by atoms with E-state index in [1.54, 1.807) is 27.9 Å². The van der Waals surface area contributed by atoms with Crippen LogP contribution in [-0.4, -0.2) is 43.9 Å². The smallest absolute Gasteiger partial charge is 0.244 e. The molecule has 0 saturated heterocycles. The van der Waals surface area contributed by atoms with Crippen LogP contribution in [0.5, 0.6) is 0 Å². The second kappa shape index (κ2) is 6.04. The number of ether oxygens (including phenoxy) is 1. The maximum atomic E-state index is 12.6. The molecule has 1 saturated carbocycles. The van der Waals surface area contributed by atoms with E-state index in [0.717, 1.165) is 12.8 Å². The Balaban J connectivity index is 2.19. The number of hydrogen-bond acceptors (Lipinski definition) is 5. The van der Waals surface area contributed by atoms with Gasteiger partial charge in [-0.05, 0) is 33.6 Å². The standard InChI is InChI=1S/C13H24N4O3S/c1-9-12(11(16-15-9)7-14-10-5-6-10)21(18,19)17-13(2,3)8-20-4/h10,14,17H,5-8H2,1-4H3,(H,15,16). The van der Waals surface area contributed by atoms with Crippen molar-refractivity contribution in [3.8, 4) is 0 Å². The van der Waals surface area contributed by atoms with E-state index in [0.29, 0.717) is 30.6 Å². The number of H-pyrrole nitrogens is 1. The molecule has 1 aliphatic rings. The fourth-order valence-corrected chi connectivity index (χ4v) is 4.04. The van der Waals surface area contributed by atoms with Crippen molar-refractivity contribution < 1.29 is 13.2 Å². The van der Waals surface area contributed by atoms with Crippen LogP contribution >= 0.6 is 0 Å². The molecular weight excluding hydrogens is 292 g/mol. The van der Waals surface area contributed by atoms with E-state index in [1.165, 1.54) is 0 Å². The maximum Gasteiger partial charge on any atom is 0.244 e. The van der Waals surface area contributed by atoms with Crippen molar-refractivity contribution in [2.24, 2.45) is 0 Å². The summed E-state index contributed by atoms with van der Waals surface area (Å²) >= 11 is 0. The van der Waals surface area contributed by atoms with E-state index in [9.17, 15) is 8.42 Å². The first-order valence-corrected chi connectivity index (χ1v) is 8.53. The quantitative estimate of drug-likeness (QED) is 0.655. The molecule has 1 aliphatic carbocycles. The SMILES string of the molecule is COCC(C)(C)NS(=O)(=O)c1c(CNC2CC2)n[nH]c1C. The number of aryl methyl sites for hydroxylation is 1. The summed E-state index contributed by atoms with van der Waals surface area (Å²) in [6.07, 6.45) is 2.29. The van der Waals surface area contributed by atoms with Gasteiger partial charge in [-0.15, -0.1) is 0 Å². The molecule has 0 aromatic carbocycles. The van der Waals surface area contributed by atoms with E-state index >= 15 is 0 Å². The van der Waals surface area contributed by atoms with E-state index < -0.39 is 15.6 Å². The van der Waals surface area contributed by atoms with Gasteiger partial charge in [0.15, 0.2) is 0 Å². The van der Waals surface area contributed by atoms with Crippen molar-refractivity contribution in [2.45, 2.75) is 56.6 Å². The third-order valence-electron chi connectivity index (χ3n) is 3.28. The first-order chi connectivity index (χ1) is 9.75. The van der Waals surface area contributed by atoms with E-state index in [1.807, 2.05) is 0 Å². The van der Waals surface area contributed by atoms with Gasteiger partial charge in [0.05, 0.1) is 23.5 Å². The Bertz CT molecular complexity index is 591. The molecule has 0 atom stereocenters. The van der Waals surface area contributed by atoms with Gasteiger partial charge in [-0.3, -0.25) is 5.10 Å². The predicted molar refractivity (Wildman–Crippen MR) is 79.5 cm³/mol. The van der Waals surface area contributed by atoms with Gasteiger partial charge in [-0.25, -0.2) is 13.1 Å². The Hall–Kier alpha value is -0.960. The summed E-state index contributed by atoms with van der Waals surface area (Å²) in [6.45, 7) is 6.03. The average Bonchev–Trinajstić information content (AvgIpc) is 3.08. The minimum Gasteiger partial charge on any atom is -0.383 e. The predicted octanol–water partition coefficient (Wildman–Crippen LogP) is 0.673. The van der Waals surface area contributed by atoms with Crippen LogP contribution < -0.4 is 10.0 Å². The second-order valence-electron chi connectivity index (χ2n) is 6.20. The lowest BCUT2D eigenvalue weighted by molar-refractivity contribution is 0.141. The summed E-state index contributed by atoms with van der Waals surface area (Å²) in [5, 5.41) is 10.2. The fourth-order valence-electron chi connectivity index (χ4n) is 2.28. The van der Waals surface area contributed by atoms with Crippen molar-refractivity contribution >= 4 is 10.0 Å². The van der Waals surface area contributed by atoms with Crippen molar-refractivity contribution in [1.82, 2.24) is 20.2 Å². The van der Waals surface area contributed by atoms with Gasteiger partial charge in [-0.2, -0.15) is 5.10 Å². The first kappa shape index (κ1) is 16.4. The van der Waals surface area contributed by atoms with Crippen LogP contribution in [0.4, 0.5) is 0 Å². The van der Waals surface area contributed by atoms with Crippen LogP contribution in [0.3, 0.4) is 0 Å². The molecule has 0 radical (unpaired) electrons. The molecular formula is C13H24N4O3S. The highest BCUT2D eigenvalue weighted by molar-refractivity contribution is 7.89. The molecule has 0 bridgehead atoms. The molecule has 1 heterocycles. The van der Waals surface area contributed by atoms with E-state index in [-0.39, 0.29) is 4.90 Å². The van der Waals surface area contributed by atoms with Crippen LogP contribution in [0.1, 0.15) is 38.1 Å². The molecule has 0 spiro atoms. The van der Waals surface area contributed by atoms with Gasteiger partial charge in [0.1, 0.15) is 4.90 Å². The largest absolute Gasteiger partial charge is 0.383 e. The van der Waals surface area contributed by atoms with Crippen LogP contribution in [0.2, 0.25) is 0 Å². The van der Waals surface area contributed by atoms with Gasteiger partial charge in [-0.1, -0.05) is 0 Å². The number of rotatable bonds is 8. The molecule has 120 valence electrons. The lowest BCUT2D eigenvalue weighted by Gasteiger charge is -2.25. The zero-order chi connectivity index (χ0) is 15.7. The minimum absolute atomic E-state index is 0.236. The molecule has 1 aromatic rings. The summed E-state index contributed by atoms with van der Waals surface area (Å²) in [5.74, 6) is 0. The third kappa shape index (κ3) is 4.26. The molecule has 3 N–H and O–H groups in total.